The molecule has 0 amide bonds. The minimum absolute atomic E-state index is 0.677. The second kappa shape index (κ2) is 6.11. The topological polar surface area (TPSA) is 32.5 Å². The largest absolute Gasteiger partial charge is 0.329 e. The van der Waals surface area contributed by atoms with Gasteiger partial charge in [0.2, 0.25) is 0 Å². The summed E-state index contributed by atoms with van der Waals surface area (Å²) >= 11 is 0. The summed E-state index contributed by atoms with van der Waals surface area (Å²) in [6, 6.07) is 0.917. The molecule has 0 aromatic heterocycles. The van der Waals surface area contributed by atoms with Gasteiger partial charge in [0.1, 0.15) is 0 Å². The second-order valence-electron chi connectivity index (χ2n) is 7.18. The van der Waals surface area contributed by atoms with Crippen LogP contribution in [0.15, 0.2) is 0 Å². The smallest absolute Gasteiger partial charge is 0.0105 e. The van der Waals surface area contributed by atoms with Crippen LogP contribution in [0.3, 0.4) is 0 Å². The van der Waals surface area contributed by atoms with Crippen LogP contribution in [-0.4, -0.2) is 55.1 Å². The number of rotatable bonds is 3. The Morgan fingerprint density at radius 1 is 0.947 bits per heavy atom. The average Bonchev–Trinajstić information content (AvgIpc) is 2.67. The van der Waals surface area contributed by atoms with Crippen LogP contribution >= 0.6 is 0 Å². The van der Waals surface area contributed by atoms with Crippen molar-refractivity contribution >= 4 is 0 Å². The van der Waals surface area contributed by atoms with Gasteiger partial charge in [-0.3, -0.25) is 0 Å². The van der Waals surface area contributed by atoms with Crippen LogP contribution < -0.4 is 5.73 Å². The van der Waals surface area contributed by atoms with Gasteiger partial charge < -0.3 is 15.5 Å². The Bertz CT molecular complexity index is 268. The third-order valence-electron chi connectivity index (χ3n) is 5.76. The molecule has 3 fully saturated rings. The molecule has 3 rings (SSSR count). The zero-order chi connectivity index (χ0) is 13.1. The number of piperidine rings is 1. The first-order chi connectivity index (χ1) is 9.31. The van der Waals surface area contributed by atoms with E-state index in [1.807, 2.05) is 0 Å². The second-order valence-corrected chi connectivity index (χ2v) is 7.18. The fraction of sp³-hybridized carbons (Fsp3) is 1.00. The fourth-order valence-electron chi connectivity index (χ4n) is 4.55. The third-order valence-corrected chi connectivity index (χ3v) is 5.76. The lowest BCUT2D eigenvalue weighted by atomic mass is 9.71. The van der Waals surface area contributed by atoms with Crippen LogP contribution in [-0.2, 0) is 0 Å². The lowest BCUT2D eigenvalue weighted by Crippen LogP contribution is -2.61. The van der Waals surface area contributed by atoms with E-state index in [1.54, 1.807) is 0 Å². The van der Waals surface area contributed by atoms with Gasteiger partial charge in [-0.1, -0.05) is 25.7 Å². The molecule has 2 heterocycles. The molecule has 0 unspecified atom stereocenters. The van der Waals surface area contributed by atoms with E-state index in [1.165, 1.54) is 77.5 Å². The Hall–Kier alpha value is -0.120. The van der Waals surface area contributed by atoms with Crippen LogP contribution in [0.2, 0.25) is 0 Å². The molecule has 2 aliphatic heterocycles. The minimum Gasteiger partial charge on any atom is -0.329 e. The molecule has 1 saturated carbocycles. The maximum Gasteiger partial charge on any atom is 0.0105 e. The van der Waals surface area contributed by atoms with Gasteiger partial charge in [-0.05, 0) is 44.2 Å². The Kier molecular flexibility index (Phi) is 4.45. The van der Waals surface area contributed by atoms with Crippen molar-refractivity contribution in [1.29, 1.82) is 0 Å². The van der Waals surface area contributed by atoms with Crippen molar-refractivity contribution in [2.75, 3.05) is 39.3 Å². The van der Waals surface area contributed by atoms with Gasteiger partial charge in [0.05, 0.1) is 0 Å². The van der Waals surface area contributed by atoms with Crippen molar-refractivity contribution in [2.24, 2.45) is 11.1 Å². The summed E-state index contributed by atoms with van der Waals surface area (Å²) in [7, 11) is 0. The highest BCUT2D eigenvalue weighted by Crippen LogP contribution is 2.41. The maximum absolute atomic E-state index is 5.64. The number of nitrogens with two attached hydrogens (primary N) is 1. The van der Waals surface area contributed by atoms with E-state index in [4.69, 9.17) is 5.73 Å². The van der Waals surface area contributed by atoms with E-state index in [9.17, 15) is 0 Å². The van der Waals surface area contributed by atoms with E-state index >= 15 is 0 Å². The van der Waals surface area contributed by atoms with Crippen molar-refractivity contribution in [3.63, 3.8) is 0 Å². The number of hydrogen-bond acceptors (Lipinski definition) is 3. The van der Waals surface area contributed by atoms with E-state index in [-0.39, 0.29) is 0 Å². The van der Waals surface area contributed by atoms with Gasteiger partial charge in [-0.25, -0.2) is 0 Å². The van der Waals surface area contributed by atoms with Crippen LogP contribution in [0, 0.1) is 5.41 Å². The molecule has 0 aromatic carbocycles. The van der Waals surface area contributed by atoms with Crippen molar-refractivity contribution in [1.82, 2.24) is 9.80 Å². The molecule has 110 valence electrons. The molecule has 0 atom stereocenters. The molecule has 1 spiro atoms. The lowest BCUT2D eigenvalue weighted by Gasteiger charge is -2.55. The molecule has 2 N–H and O–H groups in total. The highest BCUT2D eigenvalue weighted by atomic mass is 15.2. The molecular formula is C16H31N3. The Labute approximate surface area is 118 Å². The summed E-state index contributed by atoms with van der Waals surface area (Å²) in [5, 5.41) is 0. The van der Waals surface area contributed by atoms with E-state index in [2.05, 4.69) is 9.80 Å². The zero-order valence-corrected chi connectivity index (χ0v) is 12.4. The molecule has 3 heteroatoms. The molecule has 3 aliphatic rings. The van der Waals surface area contributed by atoms with Gasteiger partial charge in [0.25, 0.3) is 0 Å². The van der Waals surface area contributed by atoms with Crippen LogP contribution in [0.4, 0.5) is 0 Å². The van der Waals surface area contributed by atoms with Crippen LogP contribution in [0.25, 0.3) is 0 Å². The van der Waals surface area contributed by atoms with Crippen molar-refractivity contribution < 1.29 is 0 Å². The molecule has 1 aliphatic carbocycles. The summed E-state index contributed by atoms with van der Waals surface area (Å²) in [6.07, 6.45) is 11.7. The molecule has 19 heavy (non-hydrogen) atoms. The Morgan fingerprint density at radius 2 is 1.58 bits per heavy atom. The normalized spacial score (nSPS) is 30.2. The van der Waals surface area contributed by atoms with Gasteiger partial charge in [-0.2, -0.15) is 0 Å². The predicted octanol–water partition coefficient (Wildman–Crippen LogP) is 2.07. The third kappa shape index (κ3) is 3.14. The minimum atomic E-state index is 0.677. The number of likely N-dealkylation sites (tertiary alicyclic amines) is 2. The summed E-state index contributed by atoms with van der Waals surface area (Å²) in [5.41, 5.74) is 6.32. The Balaban J connectivity index is 1.44. The standard InChI is InChI=1S/C16H31N3/c17-9-12-18-13-16(14-18)7-10-19(11-8-16)15-5-3-1-2-4-6-15/h15H,1-14,17H2. The maximum atomic E-state index is 5.64. The number of hydrogen-bond donors (Lipinski definition) is 1. The summed E-state index contributed by atoms with van der Waals surface area (Å²) in [5.74, 6) is 0. The molecule has 0 radical (unpaired) electrons. The van der Waals surface area contributed by atoms with E-state index < -0.39 is 0 Å². The SMILES string of the molecule is NCCN1CC2(CCN(C3CCCCCC3)CC2)C1. The molecular weight excluding hydrogens is 234 g/mol. The average molecular weight is 265 g/mol. The van der Waals surface area contributed by atoms with Gasteiger partial charge in [-0.15, -0.1) is 0 Å². The monoisotopic (exact) mass is 265 g/mol. The van der Waals surface area contributed by atoms with Crippen molar-refractivity contribution in [3.8, 4) is 0 Å². The molecule has 0 aromatic rings. The molecule has 0 bridgehead atoms. The van der Waals surface area contributed by atoms with Crippen molar-refractivity contribution in [2.45, 2.75) is 57.4 Å². The predicted molar refractivity (Wildman–Crippen MR) is 80.2 cm³/mol. The zero-order valence-electron chi connectivity index (χ0n) is 12.4. The summed E-state index contributed by atoms with van der Waals surface area (Å²) < 4.78 is 0. The quantitative estimate of drug-likeness (QED) is 0.793. The van der Waals surface area contributed by atoms with Gasteiger partial charge >= 0.3 is 0 Å². The number of nitrogens with zero attached hydrogens (tertiary/aromatic N) is 2. The van der Waals surface area contributed by atoms with E-state index in [0.717, 1.165) is 19.1 Å². The fourth-order valence-corrected chi connectivity index (χ4v) is 4.55. The molecule has 2 saturated heterocycles. The van der Waals surface area contributed by atoms with Crippen molar-refractivity contribution in [3.05, 3.63) is 0 Å². The first kappa shape index (κ1) is 13.8. The highest BCUT2D eigenvalue weighted by molar-refractivity contribution is 4.99. The Morgan fingerprint density at radius 3 is 2.16 bits per heavy atom. The van der Waals surface area contributed by atoms with Gasteiger partial charge in [0.15, 0.2) is 0 Å². The lowest BCUT2D eigenvalue weighted by molar-refractivity contribution is -0.0529. The van der Waals surface area contributed by atoms with Crippen LogP contribution in [0.5, 0.6) is 0 Å². The first-order valence-electron chi connectivity index (χ1n) is 8.48. The van der Waals surface area contributed by atoms with Gasteiger partial charge in [0, 0.05) is 32.2 Å². The highest BCUT2D eigenvalue weighted by Gasteiger charge is 2.44. The molecule has 3 nitrogen and oxygen atoms in total. The summed E-state index contributed by atoms with van der Waals surface area (Å²) in [4.78, 5) is 5.36. The van der Waals surface area contributed by atoms with E-state index in [0.29, 0.717) is 5.41 Å². The summed E-state index contributed by atoms with van der Waals surface area (Å²) in [6.45, 7) is 7.30. The first-order valence-corrected chi connectivity index (χ1v) is 8.48. The van der Waals surface area contributed by atoms with Crippen LogP contribution in [0.1, 0.15) is 51.4 Å².